The molecule has 0 radical (unpaired) electrons. The van der Waals surface area contributed by atoms with Crippen molar-refractivity contribution in [2.24, 2.45) is 0 Å². The van der Waals surface area contributed by atoms with Crippen molar-refractivity contribution < 1.29 is 4.79 Å². The molecule has 3 aromatic carbocycles. The van der Waals surface area contributed by atoms with E-state index in [2.05, 4.69) is 56.7 Å². The highest BCUT2D eigenvalue weighted by Gasteiger charge is 2.22. The fourth-order valence-corrected chi connectivity index (χ4v) is 3.51. The van der Waals surface area contributed by atoms with E-state index >= 15 is 0 Å². The van der Waals surface area contributed by atoms with Crippen LogP contribution < -0.4 is 0 Å². The lowest BCUT2D eigenvalue weighted by atomic mass is 9.85. The van der Waals surface area contributed by atoms with Crippen molar-refractivity contribution in [3.05, 3.63) is 104 Å². The van der Waals surface area contributed by atoms with Gasteiger partial charge in [-0.3, -0.25) is 4.79 Å². The number of ketones is 1. The number of Topliss-reactive ketones (excluding diaryl/α,β-unsaturated/α-hetero) is 1. The van der Waals surface area contributed by atoms with Crippen LogP contribution in [0.5, 0.6) is 0 Å². The van der Waals surface area contributed by atoms with Gasteiger partial charge >= 0.3 is 0 Å². The number of carbonyl (C=O) groups excluding carboxylic acids is 1. The summed E-state index contributed by atoms with van der Waals surface area (Å²) in [5.41, 5.74) is 2.97. The van der Waals surface area contributed by atoms with E-state index in [9.17, 15) is 4.79 Å². The molecule has 0 spiro atoms. The maximum atomic E-state index is 13.1. The van der Waals surface area contributed by atoms with Gasteiger partial charge in [0, 0.05) is 13.6 Å². The number of hydrogen-bond acceptors (Lipinski definition) is 1. The summed E-state index contributed by atoms with van der Waals surface area (Å²) in [6.07, 6.45) is 0.688. The Balaban J connectivity index is 1.96. The number of halogens is 2. The van der Waals surface area contributed by atoms with Crippen LogP contribution in [0, 0.1) is 3.57 Å². The van der Waals surface area contributed by atoms with Crippen molar-refractivity contribution >= 4 is 44.3 Å². The number of carbonyl (C=O) groups is 1. The molecule has 0 amide bonds. The molecule has 0 fully saturated rings. The molecule has 24 heavy (non-hydrogen) atoms. The molecule has 1 unspecified atom stereocenters. The van der Waals surface area contributed by atoms with Gasteiger partial charge in [-0.2, -0.15) is 0 Å². The first kappa shape index (κ1) is 17.4. The molecule has 0 heterocycles. The average molecular weight is 491 g/mol. The molecule has 3 rings (SSSR count). The predicted molar refractivity (Wildman–Crippen MR) is 111 cm³/mol. The molecule has 0 bridgehead atoms. The van der Waals surface area contributed by atoms with Crippen LogP contribution in [0.3, 0.4) is 0 Å². The third-order valence-corrected chi connectivity index (χ3v) is 6.34. The van der Waals surface area contributed by atoms with Gasteiger partial charge in [0.1, 0.15) is 0 Å². The number of rotatable bonds is 5. The highest BCUT2D eigenvalue weighted by atomic mass is 127. The molecule has 0 aliphatic carbocycles. The second kappa shape index (κ2) is 8.08. The van der Waals surface area contributed by atoms with Crippen molar-refractivity contribution in [1.82, 2.24) is 0 Å². The molecule has 0 saturated heterocycles. The molecular weight excluding hydrogens is 475 g/mol. The zero-order valence-electron chi connectivity index (χ0n) is 13.0. The van der Waals surface area contributed by atoms with Crippen LogP contribution in [0.4, 0.5) is 0 Å². The van der Waals surface area contributed by atoms with Gasteiger partial charge in [-0.1, -0.05) is 66.7 Å². The van der Waals surface area contributed by atoms with E-state index < -0.39 is 0 Å². The Labute approximate surface area is 164 Å². The summed E-state index contributed by atoms with van der Waals surface area (Å²) in [5, 5.41) is 0. The molecular formula is C21H16BrIO. The van der Waals surface area contributed by atoms with Gasteiger partial charge in [0.15, 0.2) is 5.78 Å². The monoisotopic (exact) mass is 490 g/mol. The van der Waals surface area contributed by atoms with E-state index in [1.54, 1.807) is 0 Å². The lowest BCUT2D eigenvalue weighted by Gasteiger charge is -2.17. The number of hydrogen-bond donors (Lipinski definition) is 0. The smallest absolute Gasteiger partial charge is 0.170 e. The minimum Gasteiger partial charge on any atom is -0.293 e. The van der Waals surface area contributed by atoms with Gasteiger partial charge in [-0.25, -0.2) is 0 Å². The zero-order valence-corrected chi connectivity index (χ0v) is 16.7. The van der Waals surface area contributed by atoms with Crippen LogP contribution in [-0.2, 0) is 6.42 Å². The summed E-state index contributed by atoms with van der Waals surface area (Å²) in [6, 6.07) is 25.9. The number of benzene rings is 3. The second-order valence-corrected chi connectivity index (χ2v) is 7.66. The Bertz CT molecular complexity index is 831. The van der Waals surface area contributed by atoms with Crippen LogP contribution in [0.2, 0.25) is 0 Å². The Hall–Kier alpha value is -1.46. The molecule has 3 heteroatoms. The third kappa shape index (κ3) is 4.14. The lowest BCUT2D eigenvalue weighted by Crippen LogP contribution is -2.15. The van der Waals surface area contributed by atoms with E-state index in [0.29, 0.717) is 6.42 Å². The Morgan fingerprint density at radius 3 is 2.17 bits per heavy atom. The Morgan fingerprint density at radius 1 is 0.917 bits per heavy atom. The highest BCUT2D eigenvalue weighted by Crippen LogP contribution is 2.28. The highest BCUT2D eigenvalue weighted by molar-refractivity contribution is 14.1. The van der Waals surface area contributed by atoms with E-state index in [1.165, 1.54) is 3.57 Å². The van der Waals surface area contributed by atoms with Gasteiger partial charge in [0.2, 0.25) is 0 Å². The maximum Gasteiger partial charge on any atom is 0.170 e. The van der Waals surface area contributed by atoms with Gasteiger partial charge in [-0.15, -0.1) is 0 Å². The summed E-state index contributed by atoms with van der Waals surface area (Å²) in [7, 11) is 0. The second-order valence-electron chi connectivity index (χ2n) is 5.65. The summed E-state index contributed by atoms with van der Waals surface area (Å²) in [4.78, 5) is 13.1. The maximum absolute atomic E-state index is 13.1. The SMILES string of the molecule is O=C(c1ccccc1)C(Cc1ccc(I)c(Br)c1)c1ccccc1. The Kier molecular flexibility index (Phi) is 5.85. The summed E-state index contributed by atoms with van der Waals surface area (Å²) >= 11 is 5.88. The standard InChI is InChI=1S/C21H16BrIO/c22-19-14-15(11-12-20(19)23)13-18(16-7-3-1-4-8-16)21(24)17-9-5-2-6-10-17/h1-12,14,18H,13H2. The first-order valence-electron chi connectivity index (χ1n) is 7.73. The van der Waals surface area contributed by atoms with E-state index in [-0.39, 0.29) is 11.7 Å². The molecule has 0 saturated carbocycles. The minimum absolute atomic E-state index is 0.163. The fourth-order valence-electron chi connectivity index (χ4n) is 2.75. The van der Waals surface area contributed by atoms with E-state index in [4.69, 9.17) is 0 Å². The molecule has 0 aromatic heterocycles. The van der Waals surface area contributed by atoms with Crippen LogP contribution in [0.25, 0.3) is 0 Å². The van der Waals surface area contributed by atoms with Crippen LogP contribution >= 0.6 is 38.5 Å². The minimum atomic E-state index is -0.180. The first-order valence-corrected chi connectivity index (χ1v) is 9.60. The average Bonchev–Trinajstić information content (AvgIpc) is 2.63. The van der Waals surface area contributed by atoms with Gasteiger partial charge < -0.3 is 0 Å². The van der Waals surface area contributed by atoms with Gasteiger partial charge in [0.25, 0.3) is 0 Å². The van der Waals surface area contributed by atoms with Crippen LogP contribution in [0.15, 0.2) is 83.3 Å². The molecule has 0 N–H and O–H groups in total. The van der Waals surface area contributed by atoms with E-state index in [1.807, 2.05) is 60.7 Å². The lowest BCUT2D eigenvalue weighted by molar-refractivity contribution is 0.0959. The normalized spacial score (nSPS) is 11.9. The summed E-state index contributed by atoms with van der Waals surface area (Å²) in [6.45, 7) is 0. The molecule has 3 aromatic rings. The van der Waals surface area contributed by atoms with Crippen molar-refractivity contribution in [3.8, 4) is 0 Å². The predicted octanol–water partition coefficient (Wildman–Crippen LogP) is 6.26. The molecule has 120 valence electrons. The summed E-state index contributed by atoms with van der Waals surface area (Å²) < 4.78 is 2.24. The fraction of sp³-hybridized carbons (Fsp3) is 0.0952. The van der Waals surface area contributed by atoms with Crippen LogP contribution in [0.1, 0.15) is 27.4 Å². The van der Waals surface area contributed by atoms with Crippen molar-refractivity contribution in [1.29, 1.82) is 0 Å². The van der Waals surface area contributed by atoms with Gasteiger partial charge in [-0.05, 0) is 68.2 Å². The third-order valence-electron chi connectivity index (χ3n) is 4.00. The first-order chi connectivity index (χ1) is 11.6. The summed E-state index contributed by atoms with van der Waals surface area (Å²) in [5.74, 6) is -0.0166. The van der Waals surface area contributed by atoms with Crippen LogP contribution in [-0.4, -0.2) is 5.78 Å². The largest absolute Gasteiger partial charge is 0.293 e. The molecule has 0 aliphatic heterocycles. The Morgan fingerprint density at radius 2 is 1.54 bits per heavy atom. The molecule has 1 atom stereocenters. The van der Waals surface area contributed by atoms with Crippen molar-refractivity contribution in [2.75, 3.05) is 0 Å². The van der Waals surface area contributed by atoms with Gasteiger partial charge in [0.05, 0.1) is 5.92 Å². The topological polar surface area (TPSA) is 17.1 Å². The van der Waals surface area contributed by atoms with Crippen molar-refractivity contribution in [2.45, 2.75) is 12.3 Å². The van der Waals surface area contributed by atoms with Crippen molar-refractivity contribution in [3.63, 3.8) is 0 Å². The van der Waals surface area contributed by atoms with E-state index in [0.717, 1.165) is 21.2 Å². The quantitative estimate of drug-likeness (QED) is 0.304. The zero-order chi connectivity index (χ0) is 16.9. The molecule has 0 aliphatic rings. The molecule has 1 nitrogen and oxygen atoms in total.